The van der Waals surface area contributed by atoms with Gasteiger partial charge in [-0.3, -0.25) is 9.69 Å². The van der Waals surface area contributed by atoms with Gasteiger partial charge in [0.25, 0.3) is 5.91 Å². The molecule has 5 nitrogen and oxygen atoms in total. The van der Waals surface area contributed by atoms with Crippen LogP contribution >= 0.6 is 23.8 Å². The molecule has 2 aromatic carbocycles. The maximum absolute atomic E-state index is 13.1. The minimum absolute atomic E-state index is 0.0473. The summed E-state index contributed by atoms with van der Waals surface area (Å²) in [6, 6.07) is 15.1. The van der Waals surface area contributed by atoms with Crippen LogP contribution < -0.4 is 4.74 Å². The Morgan fingerprint density at radius 2 is 1.97 bits per heavy atom. The third-order valence-electron chi connectivity index (χ3n) is 6.01. The number of carbonyl (C=O) groups excluding carboxylic acids is 1. The van der Waals surface area contributed by atoms with E-state index in [1.807, 2.05) is 37.4 Å². The summed E-state index contributed by atoms with van der Waals surface area (Å²) in [5.74, 6) is 0.473. The molecule has 164 valence electrons. The van der Waals surface area contributed by atoms with Gasteiger partial charge in [-0.2, -0.15) is 5.26 Å². The molecule has 0 N–H and O–H groups in total. The number of rotatable bonds is 5. The predicted molar refractivity (Wildman–Crippen MR) is 129 cm³/mol. The third-order valence-corrected chi connectivity index (χ3v) is 6.78. The zero-order valence-corrected chi connectivity index (χ0v) is 19.5. The topological polar surface area (TPSA) is 56.6 Å². The summed E-state index contributed by atoms with van der Waals surface area (Å²) in [5, 5.41) is 10.2. The molecule has 2 fully saturated rings. The molecule has 32 heavy (non-hydrogen) atoms. The Morgan fingerprint density at radius 1 is 1.22 bits per heavy atom. The van der Waals surface area contributed by atoms with Crippen LogP contribution in [0.15, 0.2) is 48.2 Å². The molecule has 7 heteroatoms. The van der Waals surface area contributed by atoms with E-state index in [1.165, 1.54) is 6.42 Å². The summed E-state index contributed by atoms with van der Waals surface area (Å²) in [6.07, 6.45) is 7.31. The first kappa shape index (κ1) is 22.3. The minimum atomic E-state index is -0.0473. The summed E-state index contributed by atoms with van der Waals surface area (Å²) >= 11 is 12.0. The van der Waals surface area contributed by atoms with Gasteiger partial charge in [0.15, 0.2) is 5.11 Å². The molecule has 0 radical (unpaired) electrons. The van der Waals surface area contributed by atoms with Gasteiger partial charge in [-0.15, -0.1) is 0 Å². The van der Waals surface area contributed by atoms with Crippen LogP contribution in [0.2, 0.25) is 5.02 Å². The van der Waals surface area contributed by atoms with Crippen LogP contribution in [0.5, 0.6) is 5.75 Å². The fraction of sp³-hybridized carbons (Fsp3) is 0.320. The number of carbonyl (C=O) groups is 1. The van der Waals surface area contributed by atoms with Crippen LogP contribution in [0.3, 0.4) is 0 Å². The van der Waals surface area contributed by atoms with Crippen molar-refractivity contribution < 1.29 is 9.53 Å². The van der Waals surface area contributed by atoms with Gasteiger partial charge in [0, 0.05) is 18.7 Å². The van der Waals surface area contributed by atoms with Gasteiger partial charge < -0.3 is 9.64 Å². The second kappa shape index (κ2) is 9.72. The minimum Gasteiger partial charge on any atom is -0.487 e. The van der Waals surface area contributed by atoms with Crippen LogP contribution in [0.1, 0.15) is 48.8 Å². The second-order valence-electron chi connectivity index (χ2n) is 8.09. The molecule has 2 aromatic rings. The largest absolute Gasteiger partial charge is 0.487 e. The number of amides is 1. The highest BCUT2D eigenvalue weighted by Crippen LogP contribution is 2.32. The molecule has 1 amide bonds. The lowest BCUT2D eigenvalue weighted by molar-refractivity contribution is -0.124. The maximum atomic E-state index is 13.1. The summed E-state index contributed by atoms with van der Waals surface area (Å²) in [5.41, 5.74) is 2.72. The van der Waals surface area contributed by atoms with Crippen molar-refractivity contribution in [2.75, 3.05) is 7.05 Å². The number of nitriles is 1. The zero-order valence-electron chi connectivity index (χ0n) is 17.9. The van der Waals surface area contributed by atoms with Crippen LogP contribution in [-0.2, 0) is 11.4 Å². The highest BCUT2D eigenvalue weighted by Gasteiger charge is 2.40. The second-order valence-corrected chi connectivity index (χ2v) is 8.86. The Hall–Kier alpha value is -2.88. The fourth-order valence-corrected chi connectivity index (χ4v) is 4.80. The van der Waals surface area contributed by atoms with Gasteiger partial charge in [0.2, 0.25) is 0 Å². The molecule has 1 saturated heterocycles. The standard InChI is InChI=1S/C25H24ClN3O2S/c1-28-22(24(30)29(25(28)32)20-9-3-2-4-10-20)14-17-11-12-23(21(26)13-17)31-16-19-8-6-5-7-18(19)15-27/h5-8,11-14,20H,2-4,9-10,16H2,1H3/b22-14-. The van der Waals surface area contributed by atoms with Crippen molar-refractivity contribution in [2.45, 2.75) is 44.8 Å². The average molecular weight is 466 g/mol. The lowest BCUT2D eigenvalue weighted by atomic mass is 9.94. The molecular weight excluding hydrogens is 442 g/mol. The molecule has 1 heterocycles. The van der Waals surface area contributed by atoms with Crippen molar-refractivity contribution in [2.24, 2.45) is 0 Å². The Labute approximate surface area is 198 Å². The quantitative estimate of drug-likeness (QED) is 0.429. The first-order valence-electron chi connectivity index (χ1n) is 10.7. The van der Waals surface area contributed by atoms with E-state index in [2.05, 4.69) is 6.07 Å². The van der Waals surface area contributed by atoms with E-state index in [1.54, 1.807) is 28.0 Å². The average Bonchev–Trinajstić information content (AvgIpc) is 3.02. The van der Waals surface area contributed by atoms with Crippen LogP contribution in [0.4, 0.5) is 0 Å². The number of thiocarbonyl (C=S) groups is 1. The first-order valence-corrected chi connectivity index (χ1v) is 11.5. The highest BCUT2D eigenvalue weighted by atomic mass is 35.5. The van der Waals surface area contributed by atoms with Crippen molar-refractivity contribution in [3.8, 4) is 11.8 Å². The van der Waals surface area contributed by atoms with Gasteiger partial charge >= 0.3 is 0 Å². The van der Waals surface area contributed by atoms with Crippen LogP contribution in [-0.4, -0.2) is 33.9 Å². The molecular formula is C25H24ClN3O2S. The van der Waals surface area contributed by atoms with E-state index >= 15 is 0 Å². The third kappa shape index (κ3) is 4.50. The van der Waals surface area contributed by atoms with E-state index in [0.717, 1.165) is 36.8 Å². The molecule has 2 aliphatic rings. The number of halogens is 1. The van der Waals surface area contributed by atoms with Gasteiger partial charge in [-0.05, 0) is 54.9 Å². The summed E-state index contributed by atoms with van der Waals surface area (Å²) in [4.78, 5) is 16.7. The number of nitrogens with zero attached hydrogens (tertiary/aromatic N) is 3. The molecule has 1 aliphatic carbocycles. The van der Waals surface area contributed by atoms with Crippen molar-refractivity contribution >= 4 is 40.9 Å². The van der Waals surface area contributed by atoms with Crippen molar-refractivity contribution in [3.05, 3.63) is 69.9 Å². The smallest absolute Gasteiger partial charge is 0.277 e. The van der Waals surface area contributed by atoms with E-state index in [4.69, 9.17) is 28.6 Å². The summed E-state index contributed by atoms with van der Waals surface area (Å²) in [7, 11) is 1.83. The van der Waals surface area contributed by atoms with Crippen molar-refractivity contribution in [3.63, 3.8) is 0 Å². The van der Waals surface area contributed by atoms with Crippen LogP contribution in [0, 0.1) is 11.3 Å². The molecule has 1 aliphatic heterocycles. The van der Waals surface area contributed by atoms with Crippen molar-refractivity contribution in [1.82, 2.24) is 9.80 Å². The molecule has 1 saturated carbocycles. The molecule has 4 rings (SSSR count). The van der Waals surface area contributed by atoms with Gasteiger partial charge in [0.05, 0.1) is 16.7 Å². The Bertz CT molecular complexity index is 1120. The molecule has 0 aromatic heterocycles. The van der Waals surface area contributed by atoms with E-state index < -0.39 is 0 Å². The SMILES string of the molecule is CN1C(=S)N(C2CCCCC2)C(=O)/C1=C/c1ccc(OCc2ccccc2C#N)c(Cl)c1. The summed E-state index contributed by atoms with van der Waals surface area (Å²) in [6.45, 7) is 0.246. The molecule has 0 spiro atoms. The fourth-order valence-electron chi connectivity index (χ4n) is 4.23. The lowest BCUT2D eigenvalue weighted by Gasteiger charge is -2.30. The number of benzene rings is 2. The van der Waals surface area contributed by atoms with E-state index in [9.17, 15) is 10.1 Å². The van der Waals surface area contributed by atoms with Gasteiger partial charge in [-0.1, -0.05) is 55.1 Å². The van der Waals surface area contributed by atoms with Crippen LogP contribution in [0.25, 0.3) is 6.08 Å². The summed E-state index contributed by atoms with van der Waals surface area (Å²) < 4.78 is 5.84. The monoisotopic (exact) mass is 465 g/mol. The Kier molecular flexibility index (Phi) is 6.78. The number of likely N-dealkylation sites (N-methyl/N-ethyl adjacent to an activating group) is 1. The Morgan fingerprint density at radius 3 is 2.69 bits per heavy atom. The normalized spacial score (nSPS) is 18.3. The number of hydrogen-bond donors (Lipinski definition) is 0. The van der Waals surface area contributed by atoms with E-state index in [-0.39, 0.29) is 18.6 Å². The Balaban J connectivity index is 1.50. The first-order chi connectivity index (χ1) is 15.5. The lowest BCUT2D eigenvalue weighted by Crippen LogP contribution is -2.41. The molecule has 0 unspecified atom stereocenters. The number of hydrogen-bond acceptors (Lipinski definition) is 4. The maximum Gasteiger partial charge on any atom is 0.277 e. The van der Waals surface area contributed by atoms with Gasteiger partial charge in [0.1, 0.15) is 18.1 Å². The predicted octanol–water partition coefficient (Wildman–Crippen LogP) is 5.52. The number of ether oxygens (including phenoxy) is 1. The highest BCUT2D eigenvalue weighted by molar-refractivity contribution is 7.80. The zero-order chi connectivity index (χ0) is 22.7. The molecule has 0 bridgehead atoms. The van der Waals surface area contributed by atoms with E-state index in [0.29, 0.717) is 27.1 Å². The van der Waals surface area contributed by atoms with Gasteiger partial charge in [-0.25, -0.2) is 0 Å². The molecule has 0 atom stereocenters. The van der Waals surface area contributed by atoms with Crippen molar-refractivity contribution in [1.29, 1.82) is 5.26 Å².